The summed E-state index contributed by atoms with van der Waals surface area (Å²) in [6.45, 7) is 6.15. The van der Waals surface area contributed by atoms with Crippen LogP contribution in [-0.2, 0) is 11.4 Å². The second-order valence-corrected chi connectivity index (χ2v) is 4.76. The predicted octanol–water partition coefficient (Wildman–Crippen LogP) is 1.82. The molecule has 0 saturated carbocycles. The van der Waals surface area contributed by atoms with Gasteiger partial charge in [0.15, 0.2) is 18.1 Å². The van der Waals surface area contributed by atoms with Crippen LogP contribution in [0.5, 0.6) is 11.5 Å². The zero-order valence-electron chi connectivity index (χ0n) is 12.5. The van der Waals surface area contributed by atoms with Crippen LogP contribution >= 0.6 is 0 Å². The Morgan fingerprint density at radius 1 is 1.30 bits per heavy atom. The van der Waals surface area contributed by atoms with Crippen LogP contribution in [0.25, 0.3) is 0 Å². The fourth-order valence-corrected chi connectivity index (χ4v) is 1.57. The van der Waals surface area contributed by atoms with Crippen LogP contribution in [-0.4, -0.2) is 42.2 Å². The lowest BCUT2D eigenvalue weighted by atomic mass is 10.2. The molecule has 1 aromatic rings. The average Bonchev–Trinajstić information content (AvgIpc) is 2.44. The molecule has 0 aliphatic carbocycles. The van der Waals surface area contributed by atoms with Gasteiger partial charge in [-0.2, -0.15) is 0 Å². The lowest BCUT2D eigenvalue weighted by molar-refractivity contribution is -0.133. The standard InChI is InChI=1S/C15H23NO4/c1-5-19-14-8-12(9-17)6-7-13(14)20-10-15(18)16(4)11(2)3/h6-8,11,17H,5,9-10H2,1-4H3. The maximum absolute atomic E-state index is 11.9. The number of hydrogen-bond acceptors (Lipinski definition) is 4. The number of nitrogens with zero attached hydrogens (tertiary/aromatic N) is 1. The van der Waals surface area contributed by atoms with E-state index in [9.17, 15) is 4.79 Å². The van der Waals surface area contributed by atoms with Crippen LogP contribution in [0, 0.1) is 0 Å². The molecule has 0 aliphatic rings. The summed E-state index contributed by atoms with van der Waals surface area (Å²) in [7, 11) is 1.74. The maximum atomic E-state index is 11.9. The molecule has 0 heterocycles. The Morgan fingerprint density at radius 2 is 2.00 bits per heavy atom. The number of amides is 1. The Bertz CT molecular complexity index is 445. The molecule has 1 aromatic carbocycles. The molecule has 0 saturated heterocycles. The van der Waals surface area contributed by atoms with Crippen molar-refractivity contribution in [3.05, 3.63) is 23.8 Å². The molecule has 20 heavy (non-hydrogen) atoms. The summed E-state index contributed by atoms with van der Waals surface area (Å²) in [6.07, 6.45) is 0. The highest BCUT2D eigenvalue weighted by Crippen LogP contribution is 2.28. The topological polar surface area (TPSA) is 59.0 Å². The summed E-state index contributed by atoms with van der Waals surface area (Å²) >= 11 is 0. The van der Waals surface area contributed by atoms with Crippen LogP contribution in [0.4, 0.5) is 0 Å². The van der Waals surface area contributed by atoms with Crippen LogP contribution in [0.1, 0.15) is 26.3 Å². The number of benzene rings is 1. The van der Waals surface area contributed by atoms with Crippen molar-refractivity contribution in [3.8, 4) is 11.5 Å². The van der Waals surface area contributed by atoms with E-state index in [-0.39, 0.29) is 25.2 Å². The van der Waals surface area contributed by atoms with Crippen molar-refractivity contribution in [2.75, 3.05) is 20.3 Å². The fraction of sp³-hybridized carbons (Fsp3) is 0.533. The number of likely N-dealkylation sites (N-methyl/N-ethyl adjacent to an activating group) is 1. The van der Waals surface area contributed by atoms with E-state index in [4.69, 9.17) is 14.6 Å². The van der Waals surface area contributed by atoms with E-state index in [1.807, 2.05) is 20.8 Å². The second-order valence-electron chi connectivity index (χ2n) is 4.76. The Kier molecular flexibility index (Phi) is 6.31. The number of carbonyl (C=O) groups is 1. The van der Waals surface area contributed by atoms with Gasteiger partial charge in [0.05, 0.1) is 13.2 Å². The largest absolute Gasteiger partial charge is 0.490 e. The number of aliphatic hydroxyl groups excluding tert-OH is 1. The summed E-state index contributed by atoms with van der Waals surface area (Å²) in [5.74, 6) is 0.960. The minimum absolute atomic E-state index is 0.0345. The predicted molar refractivity (Wildman–Crippen MR) is 76.9 cm³/mol. The van der Waals surface area contributed by atoms with E-state index in [2.05, 4.69) is 0 Å². The van der Waals surface area contributed by atoms with Crippen LogP contribution in [0.2, 0.25) is 0 Å². The molecule has 0 fully saturated rings. The average molecular weight is 281 g/mol. The van der Waals surface area contributed by atoms with E-state index in [0.717, 1.165) is 5.56 Å². The molecule has 0 atom stereocenters. The van der Waals surface area contributed by atoms with E-state index in [1.165, 1.54) is 0 Å². The molecule has 1 rings (SSSR count). The van der Waals surface area contributed by atoms with Gasteiger partial charge in [-0.3, -0.25) is 4.79 Å². The molecule has 0 radical (unpaired) electrons. The molecule has 5 nitrogen and oxygen atoms in total. The highest BCUT2D eigenvalue weighted by molar-refractivity contribution is 5.77. The Morgan fingerprint density at radius 3 is 2.55 bits per heavy atom. The van der Waals surface area contributed by atoms with Crippen molar-refractivity contribution in [2.45, 2.75) is 33.4 Å². The van der Waals surface area contributed by atoms with Crippen molar-refractivity contribution in [3.63, 3.8) is 0 Å². The molecular formula is C15H23NO4. The molecule has 0 spiro atoms. The number of rotatable bonds is 7. The van der Waals surface area contributed by atoms with E-state index in [0.29, 0.717) is 18.1 Å². The zero-order chi connectivity index (χ0) is 15.1. The number of aliphatic hydroxyl groups is 1. The molecule has 0 aliphatic heterocycles. The van der Waals surface area contributed by atoms with Gasteiger partial charge < -0.3 is 19.5 Å². The van der Waals surface area contributed by atoms with Gasteiger partial charge in [0.2, 0.25) is 0 Å². The number of hydrogen-bond donors (Lipinski definition) is 1. The molecule has 5 heteroatoms. The lowest BCUT2D eigenvalue weighted by Gasteiger charge is -2.21. The second kappa shape index (κ2) is 7.75. The summed E-state index contributed by atoms with van der Waals surface area (Å²) in [4.78, 5) is 13.5. The smallest absolute Gasteiger partial charge is 0.260 e. The van der Waals surface area contributed by atoms with E-state index < -0.39 is 0 Å². The third-order valence-corrected chi connectivity index (χ3v) is 3.01. The molecule has 0 aromatic heterocycles. The van der Waals surface area contributed by atoms with Gasteiger partial charge in [0.25, 0.3) is 5.91 Å². The Labute approximate surface area is 120 Å². The minimum atomic E-state index is -0.0892. The van der Waals surface area contributed by atoms with E-state index in [1.54, 1.807) is 30.1 Å². The Hall–Kier alpha value is -1.75. The van der Waals surface area contributed by atoms with Gasteiger partial charge in [-0.1, -0.05) is 6.07 Å². The molecule has 1 N–H and O–H groups in total. The van der Waals surface area contributed by atoms with Crippen molar-refractivity contribution >= 4 is 5.91 Å². The fourth-order valence-electron chi connectivity index (χ4n) is 1.57. The highest BCUT2D eigenvalue weighted by Gasteiger charge is 2.14. The molecule has 1 amide bonds. The molecule has 0 bridgehead atoms. The van der Waals surface area contributed by atoms with Crippen LogP contribution in [0.15, 0.2) is 18.2 Å². The molecule has 0 unspecified atom stereocenters. The molecular weight excluding hydrogens is 258 g/mol. The van der Waals surface area contributed by atoms with Gasteiger partial charge in [0.1, 0.15) is 0 Å². The van der Waals surface area contributed by atoms with Gasteiger partial charge in [-0.05, 0) is 38.5 Å². The Balaban J connectivity index is 2.74. The highest BCUT2D eigenvalue weighted by atomic mass is 16.5. The van der Waals surface area contributed by atoms with Gasteiger partial charge in [0, 0.05) is 13.1 Å². The lowest BCUT2D eigenvalue weighted by Crippen LogP contribution is -2.36. The first-order valence-electron chi connectivity index (χ1n) is 6.74. The SMILES string of the molecule is CCOc1cc(CO)ccc1OCC(=O)N(C)C(C)C. The van der Waals surface area contributed by atoms with Gasteiger partial charge in [-0.15, -0.1) is 0 Å². The maximum Gasteiger partial charge on any atom is 0.260 e. The first-order valence-corrected chi connectivity index (χ1v) is 6.74. The van der Waals surface area contributed by atoms with Gasteiger partial charge >= 0.3 is 0 Å². The van der Waals surface area contributed by atoms with E-state index >= 15 is 0 Å². The first-order chi connectivity index (χ1) is 9.49. The van der Waals surface area contributed by atoms with Gasteiger partial charge in [-0.25, -0.2) is 0 Å². The van der Waals surface area contributed by atoms with Crippen molar-refractivity contribution in [2.24, 2.45) is 0 Å². The third kappa shape index (κ3) is 4.42. The summed E-state index contributed by atoms with van der Waals surface area (Å²) in [6, 6.07) is 5.30. The first kappa shape index (κ1) is 16.3. The quantitative estimate of drug-likeness (QED) is 0.828. The third-order valence-electron chi connectivity index (χ3n) is 3.01. The zero-order valence-corrected chi connectivity index (χ0v) is 12.5. The van der Waals surface area contributed by atoms with Crippen molar-refractivity contribution in [1.82, 2.24) is 4.90 Å². The normalized spacial score (nSPS) is 10.5. The summed E-state index contributed by atoms with van der Waals surface area (Å²) in [5, 5.41) is 9.12. The number of carbonyl (C=O) groups excluding carboxylic acids is 1. The monoisotopic (exact) mass is 281 g/mol. The van der Waals surface area contributed by atoms with Crippen LogP contribution < -0.4 is 9.47 Å². The summed E-state index contributed by atoms with van der Waals surface area (Å²) in [5.41, 5.74) is 0.742. The van der Waals surface area contributed by atoms with Crippen molar-refractivity contribution in [1.29, 1.82) is 0 Å². The summed E-state index contributed by atoms with van der Waals surface area (Å²) < 4.78 is 11.0. The van der Waals surface area contributed by atoms with Crippen molar-refractivity contribution < 1.29 is 19.4 Å². The molecule has 112 valence electrons. The number of ether oxygens (including phenoxy) is 2. The van der Waals surface area contributed by atoms with Crippen LogP contribution in [0.3, 0.4) is 0 Å². The minimum Gasteiger partial charge on any atom is -0.490 e.